The van der Waals surface area contributed by atoms with Gasteiger partial charge in [-0.1, -0.05) is 44.5 Å². The molecule has 0 unspecified atom stereocenters. The standard InChI is InChI=1S/C13H20ClNO/c1-13(2,3)12(15)8-11(16)9-5-4-6-10(14)7-9/h4-7,11-12,16H,8,15H2,1-3H3/t11-,12-/m0/s1. The zero-order valence-corrected chi connectivity index (χ0v) is 10.8. The van der Waals surface area contributed by atoms with Crippen molar-refractivity contribution in [1.82, 2.24) is 0 Å². The Morgan fingerprint density at radius 3 is 2.50 bits per heavy atom. The molecule has 0 spiro atoms. The molecule has 0 aliphatic heterocycles. The molecule has 1 aromatic carbocycles. The van der Waals surface area contributed by atoms with Crippen molar-refractivity contribution in [3.63, 3.8) is 0 Å². The van der Waals surface area contributed by atoms with Gasteiger partial charge in [0.05, 0.1) is 6.10 Å². The highest BCUT2D eigenvalue weighted by Gasteiger charge is 2.23. The van der Waals surface area contributed by atoms with Crippen molar-refractivity contribution in [1.29, 1.82) is 0 Å². The SMILES string of the molecule is CC(C)(C)[C@@H](N)C[C@H](O)c1cccc(Cl)c1. The molecule has 0 radical (unpaired) electrons. The summed E-state index contributed by atoms with van der Waals surface area (Å²) >= 11 is 5.87. The summed E-state index contributed by atoms with van der Waals surface area (Å²) in [6.07, 6.45) is -0.00274. The fourth-order valence-electron chi connectivity index (χ4n) is 1.44. The minimum atomic E-state index is -0.548. The van der Waals surface area contributed by atoms with Gasteiger partial charge in [0.1, 0.15) is 0 Å². The summed E-state index contributed by atoms with van der Waals surface area (Å²) in [6, 6.07) is 7.24. The van der Waals surface area contributed by atoms with Gasteiger partial charge in [-0.05, 0) is 29.5 Å². The Morgan fingerprint density at radius 2 is 2.00 bits per heavy atom. The van der Waals surface area contributed by atoms with Gasteiger partial charge < -0.3 is 10.8 Å². The lowest BCUT2D eigenvalue weighted by Crippen LogP contribution is -2.36. The highest BCUT2D eigenvalue weighted by molar-refractivity contribution is 6.30. The van der Waals surface area contributed by atoms with E-state index in [1.54, 1.807) is 12.1 Å². The van der Waals surface area contributed by atoms with Gasteiger partial charge in [0.2, 0.25) is 0 Å². The molecular weight excluding hydrogens is 222 g/mol. The van der Waals surface area contributed by atoms with Crippen LogP contribution in [0.3, 0.4) is 0 Å². The molecule has 2 nitrogen and oxygen atoms in total. The van der Waals surface area contributed by atoms with Crippen LogP contribution in [0, 0.1) is 5.41 Å². The maximum Gasteiger partial charge on any atom is 0.0805 e. The predicted molar refractivity (Wildman–Crippen MR) is 68.5 cm³/mol. The first-order chi connectivity index (χ1) is 7.30. The van der Waals surface area contributed by atoms with Crippen LogP contribution in [0.4, 0.5) is 0 Å². The fraction of sp³-hybridized carbons (Fsp3) is 0.538. The van der Waals surface area contributed by atoms with Crippen LogP contribution < -0.4 is 5.73 Å². The van der Waals surface area contributed by atoms with Crippen molar-refractivity contribution in [2.24, 2.45) is 11.1 Å². The zero-order valence-electron chi connectivity index (χ0n) is 10.1. The van der Waals surface area contributed by atoms with Crippen LogP contribution in [0.2, 0.25) is 5.02 Å². The molecule has 0 fully saturated rings. The van der Waals surface area contributed by atoms with Crippen LogP contribution in [0.5, 0.6) is 0 Å². The average molecular weight is 242 g/mol. The maximum absolute atomic E-state index is 10.0. The van der Waals surface area contributed by atoms with Crippen molar-refractivity contribution in [2.45, 2.75) is 39.3 Å². The van der Waals surface area contributed by atoms with E-state index in [4.69, 9.17) is 17.3 Å². The summed E-state index contributed by atoms with van der Waals surface area (Å²) < 4.78 is 0. The Morgan fingerprint density at radius 1 is 1.38 bits per heavy atom. The summed E-state index contributed by atoms with van der Waals surface area (Å²) in [4.78, 5) is 0. The van der Waals surface area contributed by atoms with Crippen molar-refractivity contribution in [3.8, 4) is 0 Å². The second-order valence-electron chi connectivity index (χ2n) is 5.28. The van der Waals surface area contributed by atoms with E-state index in [-0.39, 0.29) is 11.5 Å². The third-order valence-electron chi connectivity index (χ3n) is 2.82. The molecule has 0 bridgehead atoms. The van der Waals surface area contributed by atoms with E-state index in [0.717, 1.165) is 5.56 Å². The van der Waals surface area contributed by atoms with E-state index in [9.17, 15) is 5.11 Å². The highest BCUT2D eigenvalue weighted by atomic mass is 35.5. The number of hydrogen-bond donors (Lipinski definition) is 2. The van der Waals surface area contributed by atoms with E-state index in [2.05, 4.69) is 20.8 Å². The number of rotatable bonds is 3. The number of benzene rings is 1. The zero-order chi connectivity index (χ0) is 12.3. The Labute approximate surface area is 102 Å². The first-order valence-corrected chi connectivity index (χ1v) is 5.87. The van der Waals surface area contributed by atoms with E-state index in [0.29, 0.717) is 11.4 Å². The van der Waals surface area contributed by atoms with Crippen LogP contribution >= 0.6 is 11.6 Å². The molecule has 2 atom stereocenters. The van der Waals surface area contributed by atoms with Gasteiger partial charge in [-0.15, -0.1) is 0 Å². The predicted octanol–water partition coefficient (Wildman–Crippen LogP) is 3.14. The lowest BCUT2D eigenvalue weighted by atomic mass is 9.83. The Bertz CT molecular complexity index is 346. The number of nitrogens with two attached hydrogens (primary N) is 1. The van der Waals surface area contributed by atoms with Gasteiger partial charge in [-0.25, -0.2) is 0 Å². The first-order valence-electron chi connectivity index (χ1n) is 5.50. The quantitative estimate of drug-likeness (QED) is 0.854. The van der Waals surface area contributed by atoms with Gasteiger partial charge >= 0.3 is 0 Å². The molecule has 0 saturated carbocycles. The normalized spacial score (nSPS) is 15.9. The Balaban J connectivity index is 2.69. The number of hydrogen-bond acceptors (Lipinski definition) is 2. The molecule has 0 aromatic heterocycles. The number of aliphatic hydroxyl groups excluding tert-OH is 1. The van der Waals surface area contributed by atoms with Crippen LogP contribution in [-0.4, -0.2) is 11.1 Å². The summed E-state index contributed by atoms with van der Waals surface area (Å²) in [5.74, 6) is 0. The summed E-state index contributed by atoms with van der Waals surface area (Å²) in [5.41, 5.74) is 6.86. The van der Waals surface area contributed by atoms with Crippen molar-refractivity contribution < 1.29 is 5.11 Å². The lowest BCUT2D eigenvalue weighted by molar-refractivity contribution is 0.133. The lowest BCUT2D eigenvalue weighted by Gasteiger charge is -2.29. The molecule has 3 heteroatoms. The maximum atomic E-state index is 10.0. The van der Waals surface area contributed by atoms with Gasteiger partial charge in [-0.3, -0.25) is 0 Å². The van der Waals surface area contributed by atoms with E-state index in [1.807, 2.05) is 12.1 Å². The van der Waals surface area contributed by atoms with Crippen LogP contribution in [-0.2, 0) is 0 Å². The topological polar surface area (TPSA) is 46.2 Å². The van der Waals surface area contributed by atoms with Crippen molar-refractivity contribution >= 4 is 11.6 Å². The molecule has 90 valence electrons. The molecule has 1 rings (SSSR count). The molecule has 16 heavy (non-hydrogen) atoms. The molecule has 0 aliphatic rings. The molecular formula is C13H20ClNO. The number of halogens is 1. The smallest absolute Gasteiger partial charge is 0.0805 e. The third-order valence-corrected chi connectivity index (χ3v) is 3.06. The largest absolute Gasteiger partial charge is 0.388 e. The van der Waals surface area contributed by atoms with Gasteiger partial charge in [0.25, 0.3) is 0 Å². The van der Waals surface area contributed by atoms with E-state index >= 15 is 0 Å². The highest BCUT2D eigenvalue weighted by Crippen LogP contribution is 2.27. The molecule has 0 amide bonds. The first kappa shape index (κ1) is 13.5. The summed E-state index contributed by atoms with van der Waals surface area (Å²) in [5, 5.41) is 10.7. The molecule has 3 N–H and O–H groups in total. The van der Waals surface area contributed by atoms with Gasteiger partial charge in [0.15, 0.2) is 0 Å². The van der Waals surface area contributed by atoms with Crippen LogP contribution in [0.15, 0.2) is 24.3 Å². The van der Waals surface area contributed by atoms with Crippen LogP contribution in [0.25, 0.3) is 0 Å². The third kappa shape index (κ3) is 3.78. The van der Waals surface area contributed by atoms with E-state index in [1.165, 1.54) is 0 Å². The van der Waals surface area contributed by atoms with E-state index < -0.39 is 6.10 Å². The number of aliphatic hydroxyl groups is 1. The molecule has 0 aliphatic carbocycles. The average Bonchev–Trinajstić information content (AvgIpc) is 2.16. The molecule has 1 aromatic rings. The van der Waals surface area contributed by atoms with Crippen molar-refractivity contribution in [2.75, 3.05) is 0 Å². The van der Waals surface area contributed by atoms with Crippen molar-refractivity contribution in [3.05, 3.63) is 34.9 Å². The summed E-state index contributed by atoms with van der Waals surface area (Å²) in [6.45, 7) is 6.22. The summed E-state index contributed by atoms with van der Waals surface area (Å²) in [7, 11) is 0. The van der Waals surface area contributed by atoms with Gasteiger partial charge in [0, 0.05) is 11.1 Å². The van der Waals surface area contributed by atoms with Gasteiger partial charge in [-0.2, -0.15) is 0 Å². The Hall–Kier alpha value is -0.570. The Kier molecular flexibility index (Phi) is 4.36. The molecule has 0 saturated heterocycles. The minimum absolute atomic E-state index is 0.000441. The minimum Gasteiger partial charge on any atom is -0.388 e. The monoisotopic (exact) mass is 241 g/mol. The van der Waals surface area contributed by atoms with Crippen LogP contribution in [0.1, 0.15) is 38.9 Å². The second kappa shape index (κ2) is 5.17. The fourth-order valence-corrected chi connectivity index (χ4v) is 1.64. The molecule has 0 heterocycles. The second-order valence-corrected chi connectivity index (χ2v) is 5.72.